The second-order valence-electron chi connectivity index (χ2n) is 4.70. The molecule has 1 fully saturated rings. The highest BCUT2D eigenvalue weighted by Gasteiger charge is 2.21. The van der Waals surface area contributed by atoms with Gasteiger partial charge in [0, 0.05) is 24.6 Å². The summed E-state index contributed by atoms with van der Waals surface area (Å²) in [6, 6.07) is 9.49. The minimum atomic E-state index is -0.130. The number of aliphatic hydroxyl groups excluding tert-OH is 1. The number of ether oxygens (including phenoxy) is 1. The number of carbonyl (C=O) groups excluding carboxylic acids is 1. The third kappa shape index (κ3) is 4.37. The summed E-state index contributed by atoms with van der Waals surface area (Å²) in [5.74, 6) is 5.43. The van der Waals surface area contributed by atoms with Gasteiger partial charge >= 0.3 is 0 Å². The minimum Gasteiger partial charge on any atom is -0.394 e. The van der Waals surface area contributed by atoms with Crippen LogP contribution in [-0.2, 0) is 9.53 Å². The van der Waals surface area contributed by atoms with Gasteiger partial charge in [-0.1, -0.05) is 24.1 Å². The smallest absolute Gasteiger partial charge is 0.298 e. The van der Waals surface area contributed by atoms with Crippen LogP contribution in [0.5, 0.6) is 0 Å². The van der Waals surface area contributed by atoms with Gasteiger partial charge in [0.05, 0.1) is 19.3 Å². The summed E-state index contributed by atoms with van der Waals surface area (Å²) in [5, 5.41) is 8.71. The monoisotopic (exact) mass is 273 g/mol. The summed E-state index contributed by atoms with van der Waals surface area (Å²) in [5.41, 5.74) is 0.849. The summed E-state index contributed by atoms with van der Waals surface area (Å²) in [6.07, 6.45) is 1.76. The lowest BCUT2D eigenvalue weighted by molar-refractivity contribution is -0.127. The van der Waals surface area contributed by atoms with Crippen LogP contribution in [0.4, 0.5) is 0 Å². The molecule has 0 atom stereocenters. The molecule has 1 amide bonds. The third-order valence-electron chi connectivity index (χ3n) is 3.26. The van der Waals surface area contributed by atoms with E-state index in [0.29, 0.717) is 19.7 Å². The van der Waals surface area contributed by atoms with E-state index < -0.39 is 0 Å². The maximum atomic E-state index is 12.0. The molecule has 0 radical (unpaired) electrons. The van der Waals surface area contributed by atoms with Crippen molar-refractivity contribution in [3.63, 3.8) is 0 Å². The van der Waals surface area contributed by atoms with Crippen LogP contribution in [0.2, 0.25) is 0 Å². The molecule has 106 valence electrons. The van der Waals surface area contributed by atoms with Crippen molar-refractivity contribution in [3.8, 4) is 11.8 Å². The van der Waals surface area contributed by atoms with Crippen molar-refractivity contribution in [1.82, 2.24) is 4.90 Å². The Hall–Kier alpha value is -1.83. The van der Waals surface area contributed by atoms with Gasteiger partial charge in [-0.05, 0) is 25.0 Å². The Kier molecular flexibility index (Phi) is 5.60. The second kappa shape index (κ2) is 7.68. The van der Waals surface area contributed by atoms with Crippen molar-refractivity contribution in [2.75, 3.05) is 26.3 Å². The van der Waals surface area contributed by atoms with Gasteiger partial charge in [-0.25, -0.2) is 0 Å². The average Bonchev–Trinajstić information content (AvgIpc) is 2.52. The first-order valence-electron chi connectivity index (χ1n) is 6.88. The lowest BCUT2D eigenvalue weighted by Gasteiger charge is -2.30. The lowest BCUT2D eigenvalue weighted by Crippen LogP contribution is -2.40. The van der Waals surface area contributed by atoms with E-state index in [1.54, 1.807) is 4.90 Å². The van der Waals surface area contributed by atoms with Crippen LogP contribution >= 0.6 is 0 Å². The molecule has 1 aromatic rings. The van der Waals surface area contributed by atoms with Crippen molar-refractivity contribution in [2.45, 2.75) is 18.9 Å². The first-order valence-corrected chi connectivity index (χ1v) is 6.88. The van der Waals surface area contributed by atoms with Crippen LogP contribution in [0.1, 0.15) is 18.4 Å². The summed E-state index contributed by atoms with van der Waals surface area (Å²) in [6.45, 7) is 1.74. The number of nitrogens with zero attached hydrogens (tertiary/aromatic N) is 1. The molecular weight excluding hydrogens is 254 g/mol. The number of aliphatic hydroxyl groups is 1. The Labute approximate surface area is 119 Å². The first-order chi connectivity index (χ1) is 9.79. The zero-order valence-electron chi connectivity index (χ0n) is 11.4. The maximum Gasteiger partial charge on any atom is 0.298 e. The van der Waals surface area contributed by atoms with Crippen LogP contribution in [0.25, 0.3) is 0 Å². The molecule has 0 spiro atoms. The minimum absolute atomic E-state index is 0.0433. The average molecular weight is 273 g/mol. The molecule has 0 unspecified atom stereocenters. The largest absolute Gasteiger partial charge is 0.394 e. The van der Waals surface area contributed by atoms with Crippen molar-refractivity contribution in [3.05, 3.63) is 35.9 Å². The van der Waals surface area contributed by atoms with E-state index in [1.165, 1.54) is 0 Å². The predicted molar refractivity (Wildman–Crippen MR) is 76.0 cm³/mol. The quantitative estimate of drug-likeness (QED) is 0.837. The molecule has 0 bridgehead atoms. The Bertz CT molecular complexity index is 481. The van der Waals surface area contributed by atoms with Gasteiger partial charge in [0.2, 0.25) is 0 Å². The Balaban J connectivity index is 1.82. The third-order valence-corrected chi connectivity index (χ3v) is 3.26. The molecule has 0 aliphatic carbocycles. The van der Waals surface area contributed by atoms with Crippen molar-refractivity contribution in [2.24, 2.45) is 0 Å². The SMILES string of the molecule is O=C(C#Cc1ccccc1)N1CCC(OCCO)CC1. The highest BCUT2D eigenvalue weighted by atomic mass is 16.5. The molecule has 0 saturated carbocycles. The molecule has 4 nitrogen and oxygen atoms in total. The number of amides is 1. The highest BCUT2D eigenvalue weighted by Crippen LogP contribution is 2.13. The molecular formula is C16H19NO3. The molecule has 2 rings (SSSR count). The molecule has 4 heteroatoms. The molecule has 1 aromatic carbocycles. The van der Waals surface area contributed by atoms with Crippen LogP contribution in [-0.4, -0.2) is 48.3 Å². The summed E-state index contributed by atoms with van der Waals surface area (Å²) < 4.78 is 5.47. The van der Waals surface area contributed by atoms with Crippen LogP contribution in [0, 0.1) is 11.8 Å². The molecule has 1 aliphatic rings. The van der Waals surface area contributed by atoms with E-state index >= 15 is 0 Å². The number of piperidine rings is 1. The number of benzene rings is 1. The number of likely N-dealkylation sites (tertiary alicyclic amines) is 1. The molecule has 1 heterocycles. The van der Waals surface area contributed by atoms with Gasteiger partial charge in [-0.2, -0.15) is 0 Å². The fourth-order valence-electron chi connectivity index (χ4n) is 2.17. The molecule has 1 aliphatic heterocycles. The van der Waals surface area contributed by atoms with Gasteiger partial charge in [0.15, 0.2) is 0 Å². The van der Waals surface area contributed by atoms with E-state index in [1.807, 2.05) is 30.3 Å². The second-order valence-corrected chi connectivity index (χ2v) is 4.70. The number of hydrogen-bond acceptors (Lipinski definition) is 3. The Morgan fingerprint density at radius 3 is 2.65 bits per heavy atom. The van der Waals surface area contributed by atoms with Crippen LogP contribution in [0.15, 0.2) is 30.3 Å². The van der Waals surface area contributed by atoms with Crippen molar-refractivity contribution < 1.29 is 14.6 Å². The summed E-state index contributed by atoms with van der Waals surface area (Å²) in [7, 11) is 0. The van der Waals surface area contributed by atoms with Crippen molar-refractivity contribution >= 4 is 5.91 Å². The number of carbonyl (C=O) groups is 1. The standard InChI is InChI=1S/C16H19NO3/c18-12-13-20-15-8-10-17(11-9-15)16(19)7-6-14-4-2-1-3-5-14/h1-5,15,18H,8-13H2. The predicted octanol–water partition coefficient (Wildman–Crippen LogP) is 1.04. The van der Waals surface area contributed by atoms with E-state index in [2.05, 4.69) is 11.8 Å². The highest BCUT2D eigenvalue weighted by molar-refractivity contribution is 5.94. The first kappa shape index (κ1) is 14.6. The molecule has 1 N–H and O–H groups in total. The summed E-state index contributed by atoms with van der Waals surface area (Å²) >= 11 is 0. The van der Waals surface area contributed by atoms with Gasteiger partial charge < -0.3 is 14.7 Å². The zero-order valence-corrected chi connectivity index (χ0v) is 11.4. The lowest BCUT2D eigenvalue weighted by atomic mass is 10.1. The van der Waals surface area contributed by atoms with Crippen LogP contribution < -0.4 is 0 Å². The van der Waals surface area contributed by atoms with Gasteiger partial charge in [-0.15, -0.1) is 0 Å². The van der Waals surface area contributed by atoms with Crippen LogP contribution in [0.3, 0.4) is 0 Å². The van der Waals surface area contributed by atoms with Gasteiger partial charge in [0.25, 0.3) is 5.91 Å². The molecule has 1 saturated heterocycles. The maximum absolute atomic E-state index is 12.0. The number of hydrogen-bond donors (Lipinski definition) is 1. The zero-order chi connectivity index (χ0) is 14.2. The molecule has 20 heavy (non-hydrogen) atoms. The Morgan fingerprint density at radius 2 is 2.00 bits per heavy atom. The topological polar surface area (TPSA) is 49.8 Å². The number of rotatable bonds is 3. The Morgan fingerprint density at radius 1 is 1.30 bits per heavy atom. The summed E-state index contributed by atoms with van der Waals surface area (Å²) in [4.78, 5) is 13.7. The van der Waals surface area contributed by atoms with Gasteiger partial charge in [-0.3, -0.25) is 4.79 Å². The normalized spacial score (nSPS) is 15.6. The van der Waals surface area contributed by atoms with E-state index in [0.717, 1.165) is 18.4 Å². The molecule has 0 aromatic heterocycles. The van der Waals surface area contributed by atoms with Gasteiger partial charge in [0.1, 0.15) is 0 Å². The fourth-order valence-corrected chi connectivity index (χ4v) is 2.17. The van der Waals surface area contributed by atoms with E-state index in [-0.39, 0.29) is 18.6 Å². The fraction of sp³-hybridized carbons (Fsp3) is 0.438. The van der Waals surface area contributed by atoms with Crippen molar-refractivity contribution in [1.29, 1.82) is 0 Å². The van der Waals surface area contributed by atoms with E-state index in [4.69, 9.17) is 9.84 Å². The van der Waals surface area contributed by atoms with E-state index in [9.17, 15) is 4.79 Å².